The van der Waals surface area contributed by atoms with Crippen molar-refractivity contribution in [1.82, 2.24) is 0 Å². The average molecular weight is 351 g/mol. The van der Waals surface area contributed by atoms with E-state index in [9.17, 15) is 4.79 Å². The molecular weight excluding hydrogens is 336 g/mol. The second kappa shape index (κ2) is 8.00. The maximum atomic E-state index is 12.6. The second-order valence-electron chi connectivity index (χ2n) is 5.16. The summed E-state index contributed by atoms with van der Waals surface area (Å²) in [6.45, 7) is 0. The van der Waals surface area contributed by atoms with Crippen molar-refractivity contribution < 1.29 is 4.79 Å². The zero-order chi connectivity index (χ0) is 16.8. The molecule has 1 nitrogen and oxygen atoms in total. The van der Waals surface area contributed by atoms with Crippen molar-refractivity contribution >= 4 is 34.1 Å². The molecule has 3 aromatic carbocycles. The van der Waals surface area contributed by atoms with Crippen molar-refractivity contribution in [2.24, 2.45) is 0 Å². The van der Waals surface area contributed by atoms with Crippen LogP contribution in [-0.4, -0.2) is 5.78 Å². The summed E-state index contributed by atoms with van der Waals surface area (Å²) >= 11 is 7.51. The van der Waals surface area contributed by atoms with E-state index < -0.39 is 0 Å². The van der Waals surface area contributed by atoms with E-state index >= 15 is 0 Å². The second-order valence-corrected chi connectivity index (χ2v) is 6.71. The predicted octanol–water partition coefficient (Wildman–Crippen LogP) is 6.36. The van der Waals surface area contributed by atoms with Crippen molar-refractivity contribution in [3.8, 4) is 0 Å². The van der Waals surface area contributed by atoms with Gasteiger partial charge in [0.2, 0.25) is 0 Å². The Morgan fingerprint density at radius 3 is 1.88 bits per heavy atom. The number of allylic oxidation sites excluding steroid dienone is 1. The van der Waals surface area contributed by atoms with E-state index in [0.717, 1.165) is 15.4 Å². The van der Waals surface area contributed by atoms with Crippen LogP contribution >= 0.6 is 23.4 Å². The Balaban J connectivity index is 1.94. The molecule has 0 heterocycles. The number of rotatable bonds is 5. The molecule has 118 valence electrons. The zero-order valence-corrected chi connectivity index (χ0v) is 14.4. The van der Waals surface area contributed by atoms with Gasteiger partial charge in [0.25, 0.3) is 0 Å². The molecular formula is C21H15ClOS. The van der Waals surface area contributed by atoms with Crippen LogP contribution in [0.25, 0.3) is 4.91 Å². The lowest BCUT2D eigenvalue weighted by molar-refractivity contribution is 0.104. The first-order valence-electron chi connectivity index (χ1n) is 7.52. The molecule has 0 amide bonds. The van der Waals surface area contributed by atoms with E-state index in [1.165, 1.54) is 0 Å². The van der Waals surface area contributed by atoms with Gasteiger partial charge in [0.15, 0.2) is 5.78 Å². The molecule has 0 fully saturated rings. The Labute approximate surface area is 151 Å². The SMILES string of the molecule is O=C(C=C(Sc1ccc(Cl)cc1)c1ccccc1)c1ccccc1. The molecule has 0 saturated heterocycles. The first kappa shape index (κ1) is 16.6. The number of thioether (sulfide) groups is 1. The first-order chi connectivity index (χ1) is 11.7. The molecule has 0 bridgehead atoms. The van der Waals surface area contributed by atoms with E-state index in [0.29, 0.717) is 10.6 Å². The highest BCUT2D eigenvalue weighted by Crippen LogP contribution is 2.35. The molecule has 0 aromatic heterocycles. The van der Waals surface area contributed by atoms with E-state index in [1.54, 1.807) is 17.8 Å². The summed E-state index contributed by atoms with van der Waals surface area (Å²) < 4.78 is 0. The van der Waals surface area contributed by atoms with E-state index in [1.807, 2.05) is 84.9 Å². The number of benzene rings is 3. The summed E-state index contributed by atoms with van der Waals surface area (Å²) in [4.78, 5) is 14.5. The van der Waals surface area contributed by atoms with Crippen LogP contribution in [0.15, 0.2) is 95.9 Å². The van der Waals surface area contributed by atoms with Gasteiger partial charge in [-0.15, -0.1) is 0 Å². The van der Waals surface area contributed by atoms with Gasteiger partial charge >= 0.3 is 0 Å². The average Bonchev–Trinajstić information content (AvgIpc) is 2.64. The van der Waals surface area contributed by atoms with Crippen LogP contribution in [0.4, 0.5) is 0 Å². The summed E-state index contributed by atoms with van der Waals surface area (Å²) in [7, 11) is 0. The number of hydrogen-bond donors (Lipinski definition) is 0. The lowest BCUT2D eigenvalue weighted by Crippen LogP contribution is -1.95. The van der Waals surface area contributed by atoms with Crippen molar-refractivity contribution in [3.05, 3.63) is 107 Å². The van der Waals surface area contributed by atoms with Crippen molar-refractivity contribution in [3.63, 3.8) is 0 Å². The molecule has 3 heteroatoms. The number of carbonyl (C=O) groups is 1. The number of carbonyl (C=O) groups excluding carboxylic acids is 1. The van der Waals surface area contributed by atoms with Crippen molar-refractivity contribution in [2.45, 2.75) is 4.90 Å². The zero-order valence-electron chi connectivity index (χ0n) is 12.9. The molecule has 24 heavy (non-hydrogen) atoms. The third-order valence-electron chi connectivity index (χ3n) is 3.42. The van der Waals surface area contributed by atoms with Crippen LogP contribution in [-0.2, 0) is 0 Å². The monoisotopic (exact) mass is 350 g/mol. The van der Waals surface area contributed by atoms with Gasteiger partial charge in [-0.2, -0.15) is 0 Å². The first-order valence-corrected chi connectivity index (χ1v) is 8.72. The number of hydrogen-bond acceptors (Lipinski definition) is 2. The summed E-state index contributed by atoms with van der Waals surface area (Å²) in [6.07, 6.45) is 1.70. The Morgan fingerprint density at radius 1 is 0.750 bits per heavy atom. The Hall–Kier alpha value is -2.29. The standard InChI is InChI=1S/C21H15ClOS/c22-18-11-13-19(14-12-18)24-21(17-9-5-2-6-10-17)15-20(23)16-7-3-1-4-8-16/h1-15H. The van der Waals surface area contributed by atoms with Crippen molar-refractivity contribution in [2.75, 3.05) is 0 Å². The van der Waals surface area contributed by atoms with Crippen LogP contribution < -0.4 is 0 Å². The van der Waals surface area contributed by atoms with Gasteiger partial charge in [-0.05, 0) is 29.8 Å². The topological polar surface area (TPSA) is 17.1 Å². The van der Waals surface area contributed by atoms with E-state index in [2.05, 4.69) is 0 Å². The lowest BCUT2D eigenvalue weighted by atomic mass is 10.1. The minimum absolute atomic E-state index is 0.00378. The summed E-state index contributed by atoms with van der Waals surface area (Å²) in [5.74, 6) is -0.00378. The minimum Gasteiger partial charge on any atom is -0.289 e. The third kappa shape index (κ3) is 4.38. The van der Waals surface area contributed by atoms with Crippen LogP contribution in [0.5, 0.6) is 0 Å². The molecule has 0 aliphatic rings. The smallest absolute Gasteiger partial charge is 0.186 e. The lowest BCUT2D eigenvalue weighted by Gasteiger charge is -2.08. The molecule has 3 rings (SSSR count). The molecule has 0 unspecified atom stereocenters. The Morgan fingerprint density at radius 2 is 1.29 bits per heavy atom. The summed E-state index contributed by atoms with van der Waals surface area (Å²) in [5, 5.41) is 0.699. The maximum Gasteiger partial charge on any atom is 0.186 e. The molecule has 3 aromatic rings. The van der Waals surface area contributed by atoms with Gasteiger partial charge in [0.05, 0.1) is 0 Å². The van der Waals surface area contributed by atoms with E-state index in [-0.39, 0.29) is 5.78 Å². The van der Waals surface area contributed by atoms with Gasteiger partial charge in [-0.1, -0.05) is 84.0 Å². The van der Waals surface area contributed by atoms with Crippen LogP contribution in [0.2, 0.25) is 5.02 Å². The van der Waals surface area contributed by atoms with Crippen molar-refractivity contribution in [1.29, 1.82) is 0 Å². The molecule has 0 saturated carbocycles. The Kier molecular flexibility index (Phi) is 5.52. The molecule has 0 aliphatic carbocycles. The quantitative estimate of drug-likeness (QED) is 0.302. The Bertz CT molecular complexity index is 840. The van der Waals surface area contributed by atoms with Crippen LogP contribution in [0.1, 0.15) is 15.9 Å². The highest BCUT2D eigenvalue weighted by atomic mass is 35.5. The fourth-order valence-corrected chi connectivity index (χ4v) is 3.28. The van der Waals surface area contributed by atoms with E-state index in [4.69, 9.17) is 11.6 Å². The molecule has 0 spiro atoms. The largest absolute Gasteiger partial charge is 0.289 e. The highest BCUT2D eigenvalue weighted by molar-refractivity contribution is 8.08. The normalized spacial score (nSPS) is 11.3. The molecule has 0 N–H and O–H groups in total. The van der Waals surface area contributed by atoms with Gasteiger partial charge in [0, 0.05) is 26.5 Å². The molecule has 0 radical (unpaired) electrons. The highest BCUT2D eigenvalue weighted by Gasteiger charge is 2.09. The van der Waals surface area contributed by atoms with Crippen LogP contribution in [0, 0.1) is 0 Å². The number of ketones is 1. The van der Waals surface area contributed by atoms with Gasteiger partial charge in [-0.3, -0.25) is 4.79 Å². The summed E-state index contributed by atoms with van der Waals surface area (Å²) in [6, 6.07) is 26.8. The van der Waals surface area contributed by atoms with Gasteiger partial charge < -0.3 is 0 Å². The maximum absolute atomic E-state index is 12.6. The van der Waals surface area contributed by atoms with Gasteiger partial charge in [0.1, 0.15) is 0 Å². The van der Waals surface area contributed by atoms with Crippen LogP contribution in [0.3, 0.4) is 0 Å². The molecule has 0 atom stereocenters. The fraction of sp³-hybridized carbons (Fsp3) is 0. The number of halogens is 1. The summed E-state index contributed by atoms with van der Waals surface area (Å²) in [5.41, 5.74) is 1.70. The predicted molar refractivity (Wildman–Crippen MR) is 103 cm³/mol. The minimum atomic E-state index is -0.00378. The molecule has 0 aliphatic heterocycles. The third-order valence-corrected chi connectivity index (χ3v) is 4.75. The van der Waals surface area contributed by atoms with Gasteiger partial charge in [-0.25, -0.2) is 0 Å². The fourth-order valence-electron chi connectivity index (χ4n) is 2.21.